The van der Waals surface area contributed by atoms with Gasteiger partial charge in [-0.15, -0.1) is 0 Å². The number of nitrogens with one attached hydrogen (secondary N) is 1. The Labute approximate surface area is 174 Å². The predicted octanol–water partition coefficient (Wildman–Crippen LogP) is 4.46. The summed E-state index contributed by atoms with van der Waals surface area (Å²) in [5.74, 6) is 1.82. The van der Waals surface area contributed by atoms with Crippen molar-refractivity contribution in [3.8, 4) is 17.2 Å². The third kappa shape index (κ3) is 4.25. The molecule has 4 aromatic rings. The van der Waals surface area contributed by atoms with Crippen LogP contribution in [-0.4, -0.2) is 27.8 Å². The average Bonchev–Trinajstić information content (AvgIpc) is 3.34. The van der Waals surface area contributed by atoms with Crippen LogP contribution in [0.3, 0.4) is 0 Å². The zero-order chi connectivity index (χ0) is 21.1. The smallest absolute Gasteiger partial charge is 0.255 e. The Morgan fingerprint density at radius 2 is 1.83 bits per heavy atom. The average molecular weight is 402 g/mol. The number of oxazole rings is 1. The second-order valence-corrected chi connectivity index (χ2v) is 7.00. The molecule has 0 bridgehead atoms. The van der Waals surface area contributed by atoms with Crippen molar-refractivity contribution in [2.24, 2.45) is 0 Å². The number of carbonyl (C=O) groups is 1. The fourth-order valence-corrected chi connectivity index (χ4v) is 3.05. The fourth-order valence-electron chi connectivity index (χ4n) is 3.05. The lowest BCUT2D eigenvalue weighted by molar-refractivity contribution is 0.102. The Morgan fingerprint density at radius 1 is 1.10 bits per heavy atom. The van der Waals surface area contributed by atoms with Gasteiger partial charge in [-0.05, 0) is 67.9 Å². The number of amides is 1. The molecular weight excluding hydrogens is 380 g/mol. The summed E-state index contributed by atoms with van der Waals surface area (Å²) in [5, 5.41) is 7.18. The van der Waals surface area contributed by atoms with Crippen molar-refractivity contribution in [1.29, 1.82) is 0 Å². The standard InChI is InChI=1S/C23H22N4O3/c1-15-12-24-27(13-15)14-21-16(2)30-23(26-21)18-4-8-19(9-5-18)25-22(28)17-6-10-20(29-3)11-7-17/h4-13H,14H2,1-3H3,(H,25,28). The van der Waals surface area contributed by atoms with Crippen molar-refractivity contribution in [3.63, 3.8) is 0 Å². The zero-order valence-corrected chi connectivity index (χ0v) is 17.0. The first-order valence-corrected chi connectivity index (χ1v) is 9.53. The molecule has 1 amide bonds. The van der Waals surface area contributed by atoms with Crippen LogP contribution in [0.2, 0.25) is 0 Å². The number of hydrogen-bond acceptors (Lipinski definition) is 5. The number of anilines is 1. The molecule has 7 heteroatoms. The summed E-state index contributed by atoms with van der Waals surface area (Å²) in [7, 11) is 1.59. The van der Waals surface area contributed by atoms with Crippen LogP contribution in [-0.2, 0) is 6.54 Å². The molecule has 7 nitrogen and oxygen atoms in total. The number of methoxy groups -OCH3 is 1. The summed E-state index contributed by atoms with van der Waals surface area (Å²) >= 11 is 0. The molecule has 0 saturated heterocycles. The molecule has 0 aliphatic heterocycles. The first kappa shape index (κ1) is 19.4. The lowest BCUT2D eigenvalue weighted by atomic mass is 10.1. The van der Waals surface area contributed by atoms with Crippen molar-refractivity contribution >= 4 is 11.6 Å². The van der Waals surface area contributed by atoms with Crippen LogP contribution in [0.25, 0.3) is 11.5 Å². The summed E-state index contributed by atoms with van der Waals surface area (Å²) < 4.78 is 12.8. The van der Waals surface area contributed by atoms with Crippen molar-refractivity contribution in [2.75, 3.05) is 12.4 Å². The minimum absolute atomic E-state index is 0.186. The molecule has 1 N–H and O–H groups in total. The van der Waals surface area contributed by atoms with E-state index in [2.05, 4.69) is 15.4 Å². The van der Waals surface area contributed by atoms with Crippen molar-refractivity contribution in [3.05, 3.63) is 83.5 Å². The monoisotopic (exact) mass is 402 g/mol. The van der Waals surface area contributed by atoms with E-state index >= 15 is 0 Å². The van der Waals surface area contributed by atoms with Gasteiger partial charge in [-0.25, -0.2) is 4.98 Å². The van der Waals surface area contributed by atoms with Crippen LogP contribution >= 0.6 is 0 Å². The van der Waals surface area contributed by atoms with Crippen LogP contribution in [0.4, 0.5) is 5.69 Å². The molecule has 2 aromatic heterocycles. The van der Waals surface area contributed by atoms with E-state index < -0.39 is 0 Å². The van der Waals surface area contributed by atoms with E-state index in [-0.39, 0.29) is 5.91 Å². The molecule has 0 saturated carbocycles. The third-order valence-electron chi connectivity index (χ3n) is 4.71. The van der Waals surface area contributed by atoms with Crippen LogP contribution in [0.15, 0.2) is 65.3 Å². The van der Waals surface area contributed by atoms with Crippen LogP contribution in [0, 0.1) is 13.8 Å². The van der Waals surface area contributed by atoms with Crippen LogP contribution in [0.1, 0.15) is 27.4 Å². The number of nitrogens with zero attached hydrogens (tertiary/aromatic N) is 3. The molecule has 0 radical (unpaired) electrons. The van der Waals surface area contributed by atoms with Crippen molar-refractivity contribution in [1.82, 2.24) is 14.8 Å². The van der Waals surface area contributed by atoms with Gasteiger partial charge in [-0.1, -0.05) is 0 Å². The number of hydrogen-bond donors (Lipinski definition) is 1. The van der Waals surface area contributed by atoms with E-state index in [0.717, 1.165) is 22.6 Å². The topological polar surface area (TPSA) is 82.2 Å². The number of ether oxygens (including phenoxy) is 1. The normalized spacial score (nSPS) is 10.8. The molecule has 2 heterocycles. The van der Waals surface area contributed by atoms with E-state index in [1.165, 1.54) is 0 Å². The molecule has 4 rings (SSSR count). The molecule has 152 valence electrons. The molecule has 2 aromatic carbocycles. The second kappa shape index (κ2) is 8.24. The fraction of sp³-hybridized carbons (Fsp3) is 0.174. The second-order valence-electron chi connectivity index (χ2n) is 7.00. The number of carbonyl (C=O) groups excluding carboxylic acids is 1. The van der Waals surface area contributed by atoms with Gasteiger partial charge in [0.05, 0.1) is 19.9 Å². The van der Waals surface area contributed by atoms with Gasteiger partial charge in [0.25, 0.3) is 5.91 Å². The largest absolute Gasteiger partial charge is 0.497 e. The minimum atomic E-state index is -0.186. The van der Waals surface area contributed by atoms with Crippen molar-refractivity contribution < 1.29 is 13.9 Å². The molecule has 0 fully saturated rings. The first-order chi connectivity index (χ1) is 14.5. The molecule has 0 spiro atoms. The molecule has 30 heavy (non-hydrogen) atoms. The summed E-state index contributed by atoms with van der Waals surface area (Å²) in [6.45, 7) is 4.45. The van der Waals surface area contributed by atoms with Gasteiger partial charge in [0.15, 0.2) is 0 Å². The highest BCUT2D eigenvalue weighted by atomic mass is 16.5. The SMILES string of the molecule is COc1ccc(C(=O)Nc2ccc(-c3nc(Cn4cc(C)cn4)c(C)o3)cc2)cc1. The molecule has 0 unspecified atom stereocenters. The Bertz CT molecular complexity index is 1160. The van der Waals surface area contributed by atoms with Gasteiger partial charge in [-0.2, -0.15) is 5.10 Å². The lowest BCUT2D eigenvalue weighted by Crippen LogP contribution is -2.11. The Kier molecular flexibility index (Phi) is 5.34. The number of aromatic nitrogens is 3. The number of aryl methyl sites for hydroxylation is 2. The van der Waals surface area contributed by atoms with Crippen LogP contribution in [0.5, 0.6) is 5.75 Å². The van der Waals surface area contributed by atoms with Gasteiger partial charge < -0.3 is 14.5 Å². The summed E-state index contributed by atoms with van der Waals surface area (Å²) in [6, 6.07) is 14.4. The predicted molar refractivity (Wildman–Crippen MR) is 114 cm³/mol. The minimum Gasteiger partial charge on any atom is -0.497 e. The van der Waals surface area contributed by atoms with E-state index in [4.69, 9.17) is 9.15 Å². The number of benzene rings is 2. The third-order valence-corrected chi connectivity index (χ3v) is 4.71. The van der Waals surface area contributed by atoms with E-state index in [0.29, 0.717) is 29.4 Å². The maximum atomic E-state index is 12.4. The molecule has 0 aliphatic carbocycles. The van der Waals surface area contributed by atoms with E-state index in [9.17, 15) is 4.79 Å². The van der Waals surface area contributed by atoms with E-state index in [1.807, 2.05) is 55.2 Å². The first-order valence-electron chi connectivity index (χ1n) is 9.53. The van der Waals surface area contributed by atoms with Gasteiger partial charge in [0.1, 0.15) is 17.2 Å². The van der Waals surface area contributed by atoms with E-state index in [1.54, 1.807) is 31.4 Å². The Hall–Kier alpha value is -3.87. The Morgan fingerprint density at radius 3 is 2.47 bits per heavy atom. The molecule has 0 aliphatic rings. The zero-order valence-electron chi connectivity index (χ0n) is 17.0. The molecule has 0 atom stereocenters. The highest BCUT2D eigenvalue weighted by molar-refractivity contribution is 6.04. The quantitative estimate of drug-likeness (QED) is 0.515. The highest BCUT2D eigenvalue weighted by Gasteiger charge is 2.13. The van der Waals surface area contributed by atoms with Crippen LogP contribution < -0.4 is 10.1 Å². The van der Waals surface area contributed by atoms with Gasteiger partial charge in [0.2, 0.25) is 5.89 Å². The van der Waals surface area contributed by atoms with Gasteiger partial charge >= 0.3 is 0 Å². The lowest BCUT2D eigenvalue weighted by Gasteiger charge is -2.06. The summed E-state index contributed by atoms with van der Waals surface area (Å²) in [5.41, 5.74) is 4.02. The number of rotatable bonds is 6. The highest BCUT2D eigenvalue weighted by Crippen LogP contribution is 2.24. The van der Waals surface area contributed by atoms with Gasteiger partial charge in [0, 0.05) is 23.0 Å². The van der Waals surface area contributed by atoms with Gasteiger partial charge in [-0.3, -0.25) is 9.48 Å². The maximum absolute atomic E-state index is 12.4. The summed E-state index contributed by atoms with van der Waals surface area (Å²) in [4.78, 5) is 17.0. The van der Waals surface area contributed by atoms with Crippen molar-refractivity contribution in [2.45, 2.75) is 20.4 Å². The molecular formula is C23H22N4O3. The maximum Gasteiger partial charge on any atom is 0.255 e. The Balaban J connectivity index is 1.45. The summed E-state index contributed by atoms with van der Waals surface area (Å²) in [6.07, 6.45) is 3.78.